The van der Waals surface area contributed by atoms with Crippen LogP contribution >= 0.6 is 11.3 Å². The summed E-state index contributed by atoms with van der Waals surface area (Å²) in [6, 6.07) is 1.79. The molecule has 0 bridgehead atoms. The summed E-state index contributed by atoms with van der Waals surface area (Å²) in [7, 11) is 0. The molecule has 0 aliphatic carbocycles. The summed E-state index contributed by atoms with van der Waals surface area (Å²) in [4.78, 5) is 18.8. The first-order chi connectivity index (χ1) is 11.2. The second-order valence-electron chi connectivity index (χ2n) is 5.00. The van der Waals surface area contributed by atoms with Crippen LogP contribution in [0, 0.1) is 6.92 Å². The van der Waals surface area contributed by atoms with Crippen LogP contribution < -0.4 is 0 Å². The minimum atomic E-state index is 0.130. The second kappa shape index (κ2) is 6.93. The van der Waals surface area contributed by atoms with Crippen molar-refractivity contribution in [3.8, 4) is 21.5 Å². The van der Waals surface area contributed by atoms with Gasteiger partial charge in [-0.15, -0.1) is 11.3 Å². The number of aliphatic hydroxyl groups is 1. The number of aromatic nitrogens is 6. The fourth-order valence-corrected chi connectivity index (χ4v) is 3.37. The molecular weight excluding hydrogens is 312 g/mol. The van der Waals surface area contributed by atoms with Crippen LogP contribution in [-0.2, 0) is 13.0 Å². The Hall–Kier alpha value is -2.19. The third-order valence-electron chi connectivity index (χ3n) is 3.30. The molecule has 1 N–H and O–H groups in total. The van der Waals surface area contributed by atoms with E-state index in [4.69, 9.17) is 5.11 Å². The molecule has 23 heavy (non-hydrogen) atoms. The molecule has 0 aliphatic heterocycles. The van der Waals surface area contributed by atoms with Crippen molar-refractivity contribution < 1.29 is 5.11 Å². The Kier molecular flexibility index (Phi) is 4.73. The SMILES string of the molecule is CCc1nc(-c2ncccn2)sc1-c1nc(C)nn1CCCO. The molecule has 3 rings (SSSR count). The van der Waals surface area contributed by atoms with Crippen molar-refractivity contribution >= 4 is 11.3 Å². The Labute approximate surface area is 138 Å². The summed E-state index contributed by atoms with van der Waals surface area (Å²) in [5.74, 6) is 2.13. The molecular formula is C15H18N6OS. The van der Waals surface area contributed by atoms with Gasteiger partial charge in [0, 0.05) is 25.5 Å². The first kappa shape index (κ1) is 15.7. The van der Waals surface area contributed by atoms with Crippen LogP contribution in [0.15, 0.2) is 18.5 Å². The van der Waals surface area contributed by atoms with Gasteiger partial charge >= 0.3 is 0 Å². The minimum Gasteiger partial charge on any atom is -0.396 e. The van der Waals surface area contributed by atoms with Gasteiger partial charge in [-0.05, 0) is 25.8 Å². The van der Waals surface area contributed by atoms with Gasteiger partial charge < -0.3 is 5.11 Å². The maximum Gasteiger partial charge on any atom is 0.188 e. The molecule has 0 spiro atoms. The molecule has 0 aromatic carbocycles. The monoisotopic (exact) mass is 330 g/mol. The van der Waals surface area contributed by atoms with E-state index >= 15 is 0 Å². The van der Waals surface area contributed by atoms with E-state index in [0.29, 0.717) is 24.6 Å². The molecule has 0 unspecified atom stereocenters. The van der Waals surface area contributed by atoms with Crippen molar-refractivity contribution in [1.29, 1.82) is 0 Å². The van der Waals surface area contributed by atoms with Gasteiger partial charge in [0.05, 0.1) is 10.6 Å². The average Bonchev–Trinajstić information content (AvgIpc) is 3.16. The fraction of sp³-hybridized carbons (Fsp3) is 0.400. The predicted molar refractivity (Wildman–Crippen MR) is 88.0 cm³/mol. The Balaban J connectivity index is 2.04. The van der Waals surface area contributed by atoms with E-state index in [0.717, 1.165) is 27.8 Å². The van der Waals surface area contributed by atoms with E-state index in [2.05, 4.69) is 32.0 Å². The lowest BCUT2D eigenvalue weighted by Crippen LogP contribution is -2.04. The summed E-state index contributed by atoms with van der Waals surface area (Å²) in [6.45, 7) is 4.69. The third-order valence-corrected chi connectivity index (χ3v) is 4.39. The summed E-state index contributed by atoms with van der Waals surface area (Å²) < 4.78 is 1.84. The molecule has 0 amide bonds. The Morgan fingerprint density at radius 1 is 1.22 bits per heavy atom. The van der Waals surface area contributed by atoms with Crippen LogP contribution in [0.3, 0.4) is 0 Å². The van der Waals surface area contributed by atoms with E-state index in [1.165, 1.54) is 11.3 Å². The van der Waals surface area contributed by atoms with E-state index in [-0.39, 0.29) is 6.61 Å². The lowest BCUT2D eigenvalue weighted by Gasteiger charge is -2.03. The summed E-state index contributed by atoms with van der Waals surface area (Å²) in [5.41, 5.74) is 0.968. The summed E-state index contributed by atoms with van der Waals surface area (Å²) >= 11 is 1.53. The molecule has 8 heteroatoms. The lowest BCUT2D eigenvalue weighted by molar-refractivity contribution is 0.277. The third kappa shape index (κ3) is 3.27. The first-order valence-corrected chi connectivity index (χ1v) is 8.34. The van der Waals surface area contributed by atoms with Gasteiger partial charge in [0.2, 0.25) is 0 Å². The van der Waals surface area contributed by atoms with Gasteiger partial charge in [0.1, 0.15) is 5.82 Å². The van der Waals surface area contributed by atoms with E-state index in [9.17, 15) is 0 Å². The van der Waals surface area contributed by atoms with Crippen LogP contribution in [0.25, 0.3) is 21.5 Å². The van der Waals surface area contributed by atoms with E-state index < -0.39 is 0 Å². The number of aliphatic hydroxyl groups excluding tert-OH is 1. The normalized spacial score (nSPS) is 11.1. The molecule has 0 radical (unpaired) electrons. The van der Waals surface area contributed by atoms with Gasteiger partial charge in [-0.25, -0.2) is 24.6 Å². The van der Waals surface area contributed by atoms with Crippen molar-refractivity contribution in [3.63, 3.8) is 0 Å². The topological polar surface area (TPSA) is 89.6 Å². The number of thiazole rings is 1. The molecule has 0 atom stereocenters. The number of aryl methyl sites for hydroxylation is 3. The fourth-order valence-electron chi connectivity index (χ4n) is 2.27. The van der Waals surface area contributed by atoms with Crippen LogP contribution in [0.2, 0.25) is 0 Å². The molecule has 3 aromatic heterocycles. The molecule has 3 heterocycles. The quantitative estimate of drug-likeness (QED) is 0.744. The highest BCUT2D eigenvalue weighted by Gasteiger charge is 2.19. The number of rotatable bonds is 6. The molecule has 7 nitrogen and oxygen atoms in total. The van der Waals surface area contributed by atoms with E-state index in [1.807, 2.05) is 11.6 Å². The first-order valence-electron chi connectivity index (χ1n) is 7.52. The number of nitrogens with zero attached hydrogens (tertiary/aromatic N) is 6. The van der Waals surface area contributed by atoms with Gasteiger partial charge in [0.25, 0.3) is 0 Å². The van der Waals surface area contributed by atoms with Crippen LogP contribution in [0.5, 0.6) is 0 Å². The number of hydrogen-bond donors (Lipinski definition) is 1. The minimum absolute atomic E-state index is 0.130. The molecule has 3 aromatic rings. The van der Waals surface area contributed by atoms with Crippen LogP contribution in [0.4, 0.5) is 0 Å². The van der Waals surface area contributed by atoms with Crippen molar-refractivity contribution in [3.05, 3.63) is 30.0 Å². The molecule has 0 fully saturated rings. The predicted octanol–water partition coefficient (Wildman–Crippen LogP) is 2.11. The van der Waals surface area contributed by atoms with Gasteiger partial charge in [-0.3, -0.25) is 0 Å². The molecule has 0 aliphatic rings. The maximum absolute atomic E-state index is 9.06. The van der Waals surface area contributed by atoms with Crippen molar-refractivity contribution in [1.82, 2.24) is 29.7 Å². The Morgan fingerprint density at radius 2 is 2.00 bits per heavy atom. The lowest BCUT2D eigenvalue weighted by atomic mass is 10.3. The second-order valence-corrected chi connectivity index (χ2v) is 6.00. The van der Waals surface area contributed by atoms with Crippen LogP contribution in [-0.4, -0.2) is 41.4 Å². The number of hydrogen-bond acceptors (Lipinski definition) is 7. The molecule has 0 saturated heterocycles. The Morgan fingerprint density at radius 3 is 2.70 bits per heavy atom. The van der Waals surface area contributed by atoms with Crippen LogP contribution in [0.1, 0.15) is 24.9 Å². The zero-order chi connectivity index (χ0) is 16.2. The van der Waals surface area contributed by atoms with Gasteiger partial charge in [0.15, 0.2) is 16.7 Å². The average molecular weight is 330 g/mol. The standard InChI is InChI=1S/C15H18N6OS/c1-3-11-12(14-18-10(2)20-21(14)8-5-9-22)23-15(19-11)13-16-6-4-7-17-13/h4,6-7,22H,3,5,8-9H2,1-2H3. The smallest absolute Gasteiger partial charge is 0.188 e. The largest absolute Gasteiger partial charge is 0.396 e. The highest BCUT2D eigenvalue weighted by molar-refractivity contribution is 7.18. The highest BCUT2D eigenvalue weighted by atomic mass is 32.1. The van der Waals surface area contributed by atoms with Crippen molar-refractivity contribution in [2.75, 3.05) is 6.61 Å². The summed E-state index contributed by atoms with van der Waals surface area (Å²) in [5, 5.41) is 14.3. The molecule has 120 valence electrons. The molecule has 0 saturated carbocycles. The highest BCUT2D eigenvalue weighted by Crippen LogP contribution is 2.33. The summed E-state index contributed by atoms with van der Waals surface area (Å²) in [6.07, 6.45) is 4.86. The maximum atomic E-state index is 9.06. The van der Waals surface area contributed by atoms with E-state index in [1.54, 1.807) is 18.5 Å². The van der Waals surface area contributed by atoms with Crippen molar-refractivity contribution in [2.24, 2.45) is 0 Å². The Bertz CT molecular complexity index is 783. The van der Waals surface area contributed by atoms with Crippen molar-refractivity contribution in [2.45, 2.75) is 33.2 Å². The van der Waals surface area contributed by atoms with Gasteiger partial charge in [-0.2, -0.15) is 5.10 Å². The zero-order valence-corrected chi connectivity index (χ0v) is 13.9. The van der Waals surface area contributed by atoms with Gasteiger partial charge in [-0.1, -0.05) is 6.92 Å². The zero-order valence-electron chi connectivity index (χ0n) is 13.1.